The van der Waals surface area contributed by atoms with E-state index in [0.717, 1.165) is 16.2 Å². The first-order valence-corrected chi connectivity index (χ1v) is 7.93. The van der Waals surface area contributed by atoms with E-state index in [0.29, 0.717) is 18.7 Å². The van der Waals surface area contributed by atoms with Crippen LogP contribution < -0.4 is 5.32 Å². The summed E-state index contributed by atoms with van der Waals surface area (Å²) in [6.07, 6.45) is 0. The Labute approximate surface area is 132 Å². The summed E-state index contributed by atoms with van der Waals surface area (Å²) >= 11 is 1.63. The number of esters is 1. The summed E-state index contributed by atoms with van der Waals surface area (Å²) in [6.45, 7) is 2.86. The third-order valence-corrected chi connectivity index (χ3v) is 4.20. The smallest absolute Gasteiger partial charge is 0.338 e. The van der Waals surface area contributed by atoms with Crippen LogP contribution in [-0.4, -0.2) is 17.6 Å². The number of anilines is 1. The number of thiazole rings is 1. The number of carbonyl (C=O) groups excluding carboxylic acids is 1. The molecule has 4 nitrogen and oxygen atoms in total. The fourth-order valence-electron chi connectivity index (χ4n) is 2.10. The Morgan fingerprint density at radius 3 is 2.68 bits per heavy atom. The number of ether oxygens (including phenoxy) is 1. The van der Waals surface area contributed by atoms with Gasteiger partial charge in [-0.05, 0) is 36.8 Å². The number of nitrogens with one attached hydrogen (secondary N) is 1. The Kier molecular flexibility index (Phi) is 4.34. The lowest BCUT2D eigenvalue weighted by Gasteiger charge is -2.05. The van der Waals surface area contributed by atoms with Crippen molar-refractivity contribution >= 4 is 32.7 Å². The molecule has 0 aliphatic carbocycles. The van der Waals surface area contributed by atoms with Gasteiger partial charge >= 0.3 is 5.97 Å². The second-order valence-corrected chi connectivity index (χ2v) is 5.79. The number of para-hydroxylation sites is 1. The van der Waals surface area contributed by atoms with Crippen molar-refractivity contribution in [2.24, 2.45) is 0 Å². The zero-order valence-electron chi connectivity index (χ0n) is 12.2. The molecule has 2 aromatic carbocycles. The van der Waals surface area contributed by atoms with Crippen LogP contribution in [0.4, 0.5) is 5.13 Å². The zero-order chi connectivity index (χ0) is 15.4. The molecular formula is C17H16N2O2S. The van der Waals surface area contributed by atoms with Crippen LogP contribution in [0.2, 0.25) is 0 Å². The minimum absolute atomic E-state index is 0.284. The molecule has 0 spiro atoms. The fourth-order valence-corrected chi connectivity index (χ4v) is 2.96. The summed E-state index contributed by atoms with van der Waals surface area (Å²) in [5, 5.41) is 4.21. The maximum absolute atomic E-state index is 11.6. The van der Waals surface area contributed by atoms with Crippen molar-refractivity contribution in [3.05, 3.63) is 59.7 Å². The van der Waals surface area contributed by atoms with Gasteiger partial charge in [-0.1, -0.05) is 35.6 Å². The van der Waals surface area contributed by atoms with Crippen LogP contribution in [0.3, 0.4) is 0 Å². The number of fused-ring (bicyclic) bond motifs is 1. The van der Waals surface area contributed by atoms with Gasteiger partial charge in [0.25, 0.3) is 0 Å². The number of rotatable bonds is 5. The summed E-state index contributed by atoms with van der Waals surface area (Å²) in [5.74, 6) is -0.284. The molecule has 0 bridgehead atoms. The molecule has 0 amide bonds. The third kappa shape index (κ3) is 3.26. The van der Waals surface area contributed by atoms with Gasteiger partial charge in [-0.15, -0.1) is 0 Å². The van der Waals surface area contributed by atoms with Gasteiger partial charge < -0.3 is 10.1 Å². The zero-order valence-corrected chi connectivity index (χ0v) is 13.0. The lowest BCUT2D eigenvalue weighted by atomic mass is 10.1. The molecule has 22 heavy (non-hydrogen) atoms. The first-order valence-electron chi connectivity index (χ1n) is 7.12. The predicted molar refractivity (Wildman–Crippen MR) is 89.3 cm³/mol. The van der Waals surface area contributed by atoms with Gasteiger partial charge in [0.15, 0.2) is 5.13 Å². The highest BCUT2D eigenvalue weighted by molar-refractivity contribution is 7.22. The second-order valence-electron chi connectivity index (χ2n) is 4.76. The molecule has 1 heterocycles. The quantitative estimate of drug-likeness (QED) is 0.721. The van der Waals surface area contributed by atoms with Crippen LogP contribution in [0.25, 0.3) is 10.2 Å². The van der Waals surface area contributed by atoms with Crippen LogP contribution in [0.1, 0.15) is 22.8 Å². The first-order chi connectivity index (χ1) is 10.8. The Morgan fingerprint density at radius 1 is 1.18 bits per heavy atom. The molecule has 0 unspecified atom stereocenters. The summed E-state index contributed by atoms with van der Waals surface area (Å²) in [4.78, 5) is 16.1. The van der Waals surface area contributed by atoms with Gasteiger partial charge in [0, 0.05) is 6.54 Å². The molecule has 0 aliphatic heterocycles. The monoisotopic (exact) mass is 312 g/mol. The predicted octanol–water partition coefficient (Wildman–Crippen LogP) is 4.09. The van der Waals surface area contributed by atoms with Crippen LogP contribution in [-0.2, 0) is 11.3 Å². The Balaban J connectivity index is 1.64. The molecule has 112 valence electrons. The fraction of sp³-hybridized carbons (Fsp3) is 0.176. The van der Waals surface area contributed by atoms with Crippen molar-refractivity contribution in [2.45, 2.75) is 13.5 Å². The van der Waals surface area contributed by atoms with E-state index in [-0.39, 0.29) is 5.97 Å². The molecule has 0 aliphatic rings. The van der Waals surface area contributed by atoms with Gasteiger partial charge in [0.05, 0.1) is 22.4 Å². The van der Waals surface area contributed by atoms with Crippen molar-refractivity contribution < 1.29 is 9.53 Å². The minimum Gasteiger partial charge on any atom is -0.462 e. The SMILES string of the molecule is CCOC(=O)c1ccc(CNc2nc3ccccc3s2)cc1. The van der Waals surface area contributed by atoms with E-state index in [2.05, 4.69) is 16.4 Å². The number of hydrogen-bond acceptors (Lipinski definition) is 5. The Hall–Kier alpha value is -2.40. The minimum atomic E-state index is -0.284. The number of benzene rings is 2. The van der Waals surface area contributed by atoms with Gasteiger partial charge in [-0.3, -0.25) is 0 Å². The average molecular weight is 312 g/mol. The van der Waals surface area contributed by atoms with Gasteiger partial charge in [0.2, 0.25) is 0 Å². The molecule has 0 saturated heterocycles. The molecule has 0 saturated carbocycles. The highest BCUT2D eigenvalue weighted by atomic mass is 32.1. The van der Waals surface area contributed by atoms with Crippen LogP contribution in [0.5, 0.6) is 0 Å². The molecule has 5 heteroatoms. The van der Waals surface area contributed by atoms with Crippen molar-refractivity contribution in [3.63, 3.8) is 0 Å². The summed E-state index contributed by atoms with van der Waals surface area (Å²) < 4.78 is 6.14. The lowest BCUT2D eigenvalue weighted by Crippen LogP contribution is -2.05. The standard InChI is InChI=1S/C17H16N2O2S/c1-2-21-16(20)13-9-7-12(8-10-13)11-18-17-19-14-5-3-4-6-15(14)22-17/h3-10H,2,11H2,1H3,(H,18,19). The van der Waals surface area contributed by atoms with Crippen molar-refractivity contribution in [1.29, 1.82) is 0 Å². The van der Waals surface area contributed by atoms with Gasteiger partial charge in [-0.25, -0.2) is 9.78 Å². The normalized spacial score (nSPS) is 10.6. The van der Waals surface area contributed by atoms with Crippen molar-refractivity contribution in [3.8, 4) is 0 Å². The topological polar surface area (TPSA) is 51.2 Å². The average Bonchev–Trinajstić information content (AvgIpc) is 2.96. The maximum Gasteiger partial charge on any atom is 0.338 e. The van der Waals surface area contributed by atoms with E-state index in [1.807, 2.05) is 30.3 Å². The van der Waals surface area contributed by atoms with Crippen LogP contribution >= 0.6 is 11.3 Å². The Morgan fingerprint density at radius 2 is 1.95 bits per heavy atom. The van der Waals surface area contributed by atoms with E-state index in [4.69, 9.17) is 4.74 Å². The highest BCUT2D eigenvalue weighted by Crippen LogP contribution is 2.25. The van der Waals surface area contributed by atoms with Crippen LogP contribution in [0, 0.1) is 0 Å². The number of carbonyl (C=O) groups is 1. The molecule has 1 aromatic heterocycles. The summed E-state index contributed by atoms with van der Waals surface area (Å²) in [5.41, 5.74) is 2.67. The number of aromatic nitrogens is 1. The van der Waals surface area contributed by atoms with E-state index in [1.54, 1.807) is 30.4 Å². The highest BCUT2D eigenvalue weighted by Gasteiger charge is 2.06. The van der Waals surface area contributed by atoms with Gasteiger partial charge in [-0.2, -0.15) is 0 Å². The summed E-state index contributed by atoms with van der Waals surface area (Å²) in [6, 6.07) is 15.5. The van der Waals surface area contributed by atoms with Gasteiger partial charge in [0.1, 0.15) is 0 Å². The number of nitrogens with zero attached hydrogens (tertiary/aromatic N) is 1. The molecule has 0 radical (unpaired) electrons. The number of hydrogen-bond donors (Lipinski definition) is 1. The summed E-state index contributed by atoms with van der Waals surface area (Å²) in [7, 11) is 0. The largest absolute Gasteiger partial charge is 0.462 e. The first kappa shape index (κ1) is 14.5. The van der Waals surface area contributed by atoms with Crippen molar-refractivity contribution in [2.75, 3.05) is 11.9 Å². The maximum atomic E-state index is 11.6. The molecular weight excluding hydrogens is 296 g/mol. The van der Waals surface area contributed by atoms with Crippen LogP contribution in [0.15, 0.2) is 48.5 Å². The molecule has 3 rings (SSSR count). The third-order valence-electron chi connectivity index (χ3n) is 3.20. The van der Waals surface area contributed by atoms with E-state index >= 15 is 0 Å². The molecule has 3 aromatic rings. The molecule has 1 N–H and O–H groups in total. The molecule has 0 atom stereocenters. The van der Waals surface area contributed by atoms with Crippen molar-refractivity contribution in [1.82, 2.24) is 4.98 Å². The van der Waals surface area contributed by atoms with E-state index in [9.17, 15) is 4.79 Å². The molecule has 0 fully saturated rings. The Bertz CT molecular complexity index is 748. The van der Waals surface area contributed by atoms with E-state index < -0.39 is 0 Å². The lowest BCUT2D eigenvalue weighted by molar-refractivity contribution is 0.0526. The van der Waals surface area contributed by atoms with E-state index in [1.165, 1.54) is 4.70 Å². The second kappa shape index (κ2) is 6.58.